The van der Waals surface area contributed by atoms with Gasteiger partial charge in [0.25, 0.3) is 5.91 Å². The Kier molecular flexibility index (Phi) is 8.65. The summed E-state index contributed by atoms with van der Waals surface area (Å²) in [5, 5.41) is 31.7. The van der Waals surface area contributed by atoms with Crippen molar-refractivity contribution in [1.82, 2.24) is 0 Å². The molecule has 0 radical (unpaired) electrons. The molecule has 214 valence electrons. The first-order chi connectivity index (χ1) is 18.2. The zero-order valence-electron chi connectivity index (χ0n) is 20.9. The number of anilines is 1. The molecule has 8 nitrogen and oxygen atoms in total. The fraction of sp³-hybridized carbons (Fsp3) is 0.500. The normalized spacial score (nSPS) is 26.3. The number of carbonyl (C=O) groups excluding carboxylic acids is 1. The number of aliphatic hydroxyl groups excluding tert-OH is 2. The van der Waals surface area contributed by atoms with Gasteiger partial charge in [0.05, 0.1) is 40.1 Å². The fourth-order valence-electron chi connectivity index (χ4n) is 5.45. The standard InChI is InChI=1S/C26H29ClF3NO7S/c1-13(32)22(33)11-38-12-26(35)15-3-4-16(26)8-18(7-15)39(36,37)23-6-14(2-5-19(23)27)25(34)31-17-9-20(28)24(30)21(29)10-17/h2,5-6,9-10,13,15-16,18,22,32-33,35H,3-4,7-8,11-12H2,1H3,(H,31,34)/t13-,15?,16?,18?,22-,26?/m0/s1. The number of hydrogen-bond donors (Lipinski definition) is 4. The molecule has 4 atom stereocenters. The Balaban J connectivity index is 1.50. The third-order valence-electron chi connectivity index (χ3n) is 7.73. The van der Waals surface area contributed by atoms with E-state index in [1.165, 1.54) is 19.1 Å². The highest BCUT2D eigenvalue weighted by molar-refractivity contribution is 7.92. The van der Waals surface area contributed by atoms with Crippen molar-refractivity contribution in [3.05, 3.63) is 58.4 Å². The summed E-state index contributed by atoms with van der Waals surface area (Å²) in [6.45, 7) is 1.12. The Morgan fingerprint density at radius 2 is 1.72 bits per heavy atom. The van der Waals surface area contributed by atoms with Gasteiger partial charge in [0, 0.05) is 23.4 Å². The van der Waals surface area contributed by atoms with Crippen LogP contribution in [0.3, 0.4) is 0 Å². The second-order valence-electron chi connectivity index (χ2n) is 10.3. The summed E-state index contributed by atoms with van der Waals surface area (Å²) in [5.41, 5.74) is -1.79. The maximum Gasteiger partial charge on any atom is 0.255 e. The van der Waals surface area contributed by atoms with Crippen LogP contribution < -0.4 is 5.32 Å². The molecule has 0 saturated heterocycles. The van der Waals surface area contributed by atoms with Gasteiger partial charge in [0.15, 0.2) is 27.3 Å². The molecule has 2 aromatic rings. The lowest BCUT2D eigenvalue weighted by molar-refractivity contribution is -0.129. The van der Waals surface area contributed by atoms with Crippen LogP contribution in [0.25, 0.3) is 0 Å². The minimum absolute atomic E-state index is 0.111. The molecule has 2 aliphatic rings. The summed E-state index contributed by atoms with van der Waals surface area (Å²) in [7, 11) is -4.07. The van der Waals surface area contributed by atoms with Crippen molar-refractivity contribution < 1.29 is 46.4 Å². The van der Waals surface area contributed by atoms with E-state index in [0.29, 0.717) is 25.0 Å². The zero-order chi connectivity index (χ0) is 28.7. The number of aliphatic hydroxyl groups is 3. The van der Waals surface area contributed by atoms with Gasteiger partial charge in [-0.2, -0.15) is 0 Å². The van der Waals surface area contributed by atoms with Crippen LogP contribution in [0.5, 0.6) is 0 Å². The molecule has 2 aliphatic carbocycles. The predicted octanol–water partition coefficient (Wildman–Crippen LogP) is 3.46. The third-order valence-corrected chi connectivity index (χ3v) is 10.4. The summed E-state index contributed by atoms with van der Waals surface area (Å²) in [5.74, 6) is -6.36. The molecule has 1 amide bonds. The molecule has 2 saturated carbocycles. The number of ether oxygens (including phenoxy) is 1. The molecule has 2 aromatic carbocycles. The maximum absolute atomic E-state index is 13.6. The second-order valence-corrected chi connectivity index (χ2v) is 12.9. The Morgan fingerprint density at radius 1 is 1.13 bits per heavy atom. The van der Waals surface area contributed by atoms with Crippen molar-refractivity contribution in [3.8, 4) is 0 Å². The summed E-state index contributed by atoms with van der Waals surface area (Å²) in [6.07, 6.45) is -0.710. The Hall–Kier alpha value is -2.22. The van der Waals surface area contributed by atoms with E-state index in [-0.39, 0.29) is 47.2 Å². The minimum atomic E-state index is -4.07. The summed E-state index contributed by atoms with van der Waals surface area (Å²) < 4.78 is 73.0. The van der Waals surface area contributed by atoms with Crippen LogP contribution in [0, 0.1) is 29.3 Å². The van der Waals surface area contributed by atoms with Gasteiger partial charge in [-0.05, 0) is 62.6 Å². The molecule has 2 unspecified atom stereocenters. The van der Waals surface area contributed by atoms with Crippen molar-refractivity contribution in [2.24, 2.45) is 11.8 Å². The van der Waals surface area contributed by atoms with Crippen molar-refractivity contribution in [2.75, 3.05) is 18.5 Å². The second kappa shape index (κ2) is 11.3. The van der Waals surface area contributed by atoms with Gasteiger partial charge >= 0.3 is 0 Å². The molecule has 0 spiro atoms. The van der Waals surface area contributed by atoms with Gasteiger partial charge in [-0.1, -0.05) is 11.6 Å². The average molecular weight is 592 g/mol. The number of benzene rings is 2. The monoisotopic (exact) mass is 591 g/mol. The largest absolute Gasteiger partial charge is 0.391 e. The first-order valence-electron chi connectivity index (χ1n) is 12.4. The van der Waals surface area contributed by atoms with E-state index in [4.69, 9.17) is 16.3 Å². The molecule has 39 heavy (non-hydrogen) atoms. The molecule has 0 heterocycles. The van der Waals surface area contributed by atoms with Crippen molar-refractivity contribution in [2.45, 2.75) is 60.6 Å². The van der Waals surface area contributed by atoms with Crippen LogP contribution in [0.2, 0.25) is 5.02 Å². The van der Waals surface area contributed by atoms with Crippen LogP contribution in [0.15, 0.2) is 35.2 Å². The molecule has 13 heteroatoms. The molecule has 0 aliphatic heterocycles. The first-order valence-corrected chi connectivity index (χ1v) is 14.3. The number of halogens is 4. The fourth-order valence-corrected chi connectivity index (χ4v) is 7.86. The van der Waals surface area contributed by atoms with Crippen LogP contribution in [-0.4, -0.2) is 65.9 Å². The van der Waals surface area contributed by atoms with Crippen LogP contribution >= 0.6 is 11.6 Å². The van der Waals surface area contributed by atoms with Gasteiger partial charge in [-0.3, -0.25) is 4.79 Å². The number of carbonyl (C=O) groups is 1. The number of fused-ring (bicyclic) bond motifs is 2. The number of hydrogen-bond acceptors (Lipinski definition) is 7. The number of rotatable bonds is 9. The third kappa shape index (κ3) is 5.96. The molecule has 4 N–H and O–H groups in total. The van der Waals surface area contributed by atoms with Crippen molar-refractivity contribution in [3.63, 3.8) is 0 Å². The summed E-state index contributed by atoms with van der Waals surface area (Å²) in [4.78, 5) is 12.4. The zero-order valence-corrected chi connectivity index (χ0v) is 22.5. The Morgan fingerprint density at radius 3 is 2.28 bits per heavy atom. The highest BCUT2D eigenvalue weighted by Gasteiger charge is 2.56. The summed E-state index contributed by atoms with van der Waals surface area (Å²) >= 11 is 6.23. The van der Waals surface area contributed by atoms with Gasteiger partial charge in [-0.25, -0.2) is 21.6 Å². The van der Waals surface area contributed by atoms with E-state index in [0.717, 1.165) is 6.07 Å². The van der Waals surface area contributed by atoms with Crippen LogP contribution in [0.1, 0.15) is 43.0 Å². The molecule has 4 rings (SSSR count). The smallest absolute Gasteiger partial charge is 0.255 e. The van der Waals surface area contributed by atoms with Gasteiger partial charge < -0.3 is 25.4 Å². The lowest BCUT2D eigenvalue weighted by Gasteiger charge is -2.42. The summed E-state index contributed by atoms with van der Waals surface area (Å²) in [6, 6.07) is 4.74. The van der Waals surface area contributed by atoms with E-state index >= 15 is 0 Å². The number of sulfone groups is 1. The Labute approximate surface area is 228 Å². The lowest BCUT2D eigenvalue weighted by Crippen LogP contribution is -2.51. The van der Waals surface area contributed by atoms with E-state index in [2.05, 4.69) is 5.32 Å². The van der Waals surface area contributed by atoms with Gasteiger partial charge in [0.2, 0.25) is 0 Å². The van der Waals surface area contributed by atoms with E-state index in [1.54, 1.807) is 0 Å². The van der Waals surface area contributed by atoms with E-state index in [1.807, 2.05) is 0 Å². The SMILES string of the molecule is C[C@H](O)[C@@H](O)COCC1(O)C2CCC1CC(S(=O)(=O)c1cc(C(=O)Nc3cc(F)c(F)c(F)c3)ccc1Cl)C2. The van der Waals surface area contributed by atoms with Crippen LogP contribution in [0.4, 0.5) is 18.9 Å². The number of nitrogens with one attached hydrogen (secondary N) is 1. The molecular weight excluding hydrogens is 563 g/mol. The predicted molar refractivity (Wildman–Crippen MR) is 136 cm³/mol. The van der Waals surface area contributed by atoms with Gasteiger partial charge in [-0.15, -0.1) is 0 Å². The highest BCUT2D eigenvalue weighted by atomic mass is 35.5. The van der Waals surface area contributed by atoms with E-state index < -0.39 is 68.1 Å². The first kappa shape index (κ1) is 29.8. The topological polar surface area (TPSA) is 133 Å². The average Bonchev–Trinajstić information content (AvgIpc) is 3.03. The van der Waals surface area contributed by atoms with Gasteiger partial charge in [0.1, 0.15) is 6.10 Å². The molecular formula is C26H29ClF3NO7S. The maximum atomic E-state index is 13.6. The molecule has 2 bridgehead atoms. The van der Waals surface area contributed by atoms with Crippen molar-refractivity contribution in [1.29, 1.82) is 0 Å². The number of amides is 1. The minimum Gasteiger partial charge on any atom is -0.391 e. The molecule has 0 aromatic heterocycles. The van der Waals surface area contributed by atoms with E-state index in [9.17, 15) is 41.7 Å². The molecule has 2 fully saturated rings. The quantitative estimate of drug-likeness (QED) is 0.328. The van der Waals surface area contributed by atoms with Crippen molar-refractivity contribution >= 4 is 33.0 Å². The van der Waals surface area contributed by atoms with Crippen LogP contribution in [-0.2, 0) is 14.6 Å². The Bertz CT molecular complexity index is 1320. The lowest BCUT2D eigenvalue weighted by atomic mass is 9.75. The highest BCUT2D eigenvalue weighted by Crippen LogP contribution is 2.52.